The lowest BCUT2D eigenvalue weighted by molar-refractivity contribution is 0.0887. The monoisotopic (exact) mass is 249 g/mol. The molecule has 1 aromatic rings. The number of likely N-dealkylation sites (tertiary alicyclic amines) is 1. The number of benzene rings is 1. The predicted molar refractivity (Wildman–Crippen MR) is 70.2 cm³/mol. The lowest BCUT2D eigenvalue weighted by Gasteiger charge is -2.24. The summed E-state index contributed by atoms with van der Waals surface area (Å²) in [6.07, 6.45) is 2.39. The quantitative estimate of drug-likeness (QED) is 0.764. The third kappa shape index (κ3) is 2.78. The fourth-order valence-corrected chi connectivity index (χ4v) is 2.63. The lowest BCUT2D eigenvalue weighted by atomic mass is 9.98. The molecule has 0 N–H and O–H groups in total. The molecule has 1 aromatic carbocycles. The molecule has 2 nitrogen and oxygen atoms in total. The van der Waals surface area contributed by atoms with Crippen molar-refractivity contribution in [1.82, 2.24) is 4.90 Å². The topological polar surface area (TPSA) is 20.3 Å². The van der Waals surface area contributed by atoms with Gasteiger partial charge in [-0.2, -0.15) is 0 Å². The first kappa shape index (κ1) is 13.2. The van der Waals surface area contributed by atoms with Crippen molar-refractivity contribution in [1.29, 1.82) is 0 Å². The Bertz CT molecular complexity index is 432. The molecule has 18 heavy (non-hydrogen) atoms. The van der Waals surface area contributed by atoms with Crippen LogP contribution in [0.4, 0.5) is 4.39 Å². The summed E-state index contributed by atoms with van der Waals surface area (Å²) in [6, 6.07) is 6.78. The Hall–Kier alpha value is -1.22. The highest BCUT2D eigenvalue weighted by Gasteiger charge is 2.25. The molecule has 0 saturated carbocycles. The normalized spacial score (nSPS) is 22.1. The van der Waals surface area contributed by atoms with Gasteiger partial charge < -0.3 is 0 Å². The van der Waals surface area contributed by atoms with E-state index in [0.717, 1.165) is 13.1 Å². The van der Waals surface area contributed by atoms with Gasteiger partial charge in [0, 0.05) is 18.5 Å². The van der Waals surface area contributed by atoms with E-state index in [0.29, 0.717) is 6.04 Å². The van der Waals surface area contributed by atoms with E-state index in [4.69, 9.17) is 0 Å². The van der Waals surface area contributed by atoms with Gasteiger partial charge in [-0.3, -0.25) is 9.69 Å². The molecule has 0 radical (unpaired) electrons. The first-order valence-corrected chi connectivity index (χ1v) is 6.62. The summed E-state index contributed by atoms with van der Waals surface area (Å²) < 4.78 is 13.6. The largest absolute Gasteiger partial charge is 0.300 e. The molecule has 3 heteroatoms. The Balaban J connectivity index is 2.03. The number of ketones is 1. The molecule has 1 heterocycles. The number of nitrogens with zero attached hydrogens (tertiary/aromatic N) is 1. The number of carbonyl (C=O) groups excluding carboxylic acids is 1. The molecule has 0 amide bonds. The first-order valence-electron chi connectivity index (χ1n) is 6.62. The van der Waals surface area contributed by atoms with Crippen molar-refractivity contribution < 1.29 is 9.18 Å². The van der Waals surface area contributed by atoms with Crippen LogP contribution in [0.1, 0.15) is 37.0 Å². The first-order chi connectivity index (χ1) is 8.59. The zero-order valence-electron chi connectivity index (χ0n) is 11.0. The zero-order valence-corrected chi connectivity index (χ0v) is 11.0. The van der Waals surface area contributed by atoms with Crippen LogP contribution in [0.2, 0.25) is 0 Å². The molecule has 1 fully saturated rings. The summed E-state index contributed by atoms with van der Waals surface area (Å²) in [7, 11) is 0. The minimum Gasteiger partial charge on any atom is -0.300 e. The summed E-state index contributed by atoms with van der Waals surface area (Å²) in [5.41, 5.74) is 0.219. The van der Waals surface area contributed by atoms with Gasteiger partial charge in [0.1, 0.15) is 5.82 Å². The van der Waals surface area contributed by atoms with Gasteiger partial charge in [0.25, 0.3) is 0 Å². The molecule has 98 valence electrons. The van der Waals surface area contributed by atoms with E-state index < -0.39 is 5.82 Å². The molecular weight excluding hydrogens is 229 g/mol. The molecule has 2 atom stereocenters. The van der Waals surface area contributed by atoms with E-state index in [2.05, 4.69) is 11.8 Å². The van der Waals surface area contributed by atoms with Crippen molar-refractivity contribution in [3.05, 3.63) is 35.6 Å². The van der Waals surface area contributed by atoms with E-state index in [9.17, 15) is 9.18 Å². The van der Waals surface area contributed by atoms with Gasteiger partial charge in [0.05, 0.1) is 5.56 Å². The molecule has 0 aliphatic carbocycles. The maximum atomic E-state index is 13.6. The molecule has 2 rings (SSSR count). The van der Waals surface area contributed by atoms with E-state index in [1.807, 2.05) is 6.92 Å². The second-order valence-electron chi connectivity index (χ2n) is 5.23. The third-order valence-electron chi connectivity index (χ3n) is 3.79. The van der Waals surface area contributed by atoms with Crippen LogP contribution in [0.25, 0.3) is 0 Å². The SMILES string of the molecule is CC(CN1CCCC1C)C(=O)c1ccccc1F. The minimum absolute atomic E-state index is 0.0906. The lowest BCUT2D eigenvalue weighted by Crippen LogP contribution is -2.34. The number of rotatable bonds is 4. The van der Waals surface area contributed by atoms with Crippen LogP contribution in [0, 0.1) is 11.7 Å². The fraction of sp³-hybridized carbons (Fsp3) is 0.533. The maximum Gasteiger partial charge on any atom is 0.169 e. The van der Waals surface area contributed by atoms with E-state index in [-0.39, 0.29) is 17.3 Å². The molecule has 0 aromatic heterocycles. The minimum atomic E-state index is -0.413. The summed E-state index contributed by atoms with van der Waals surface area (Å²) >= 11 is 0. The van der Waals surface area contributed by atoms with Crippen molar-refractivity contribution in [3.63, 3.8) is 0 Å². The highest BCUT2D eigenvalue weighted by atomic mass is 19.1. The molecule has 0 spiro atoms. The van der Waals surface area contributed by atoms with Crippen LogP contribution < -0.4 is 0 Å². The van der Waals surface area contributed by atoms with Gasteiger partial charge in [-0.05, 0) is 38.4 Å². The van der Waals surface area contributed by atoms with Crippen LogP contribution in [-0.2, 0) is 0 Å². The van der Waals surface area contributed by atoms with Gasteiger partial charge in [0.2, 0.25) is 0 Å². The number of hydrogen-bond donors (Lipinski definition) is 0. The van der Waals surface area contributed by atoms with Crippen molar-refractivity contribution in [2.24, 2.45) is 5.92 Å². The number of hydrogen-bond acceptors (Lipinski definition) is 2. The van der Waals surface area contributed by atoms with Crippen molar-refractivity contribution in [2.75, 3.05) is 13.1 Å². The van der Waals surface area contributed by atoms with Crippen molar-refractivity contribution in [2.45, 2.75) is 32.7 Å². The Morgan fingerprint density at radius 2 is 2.22 bits per heavy atom. The molecular formula is C15H20FNO. The summed E-state index contributed by atoms with van der Waals surface area (Å²) in [5.74, 6) is -0.654. The average Bonchev–Trinajstić information content (AvgIpc) is 2.75. The summed E-state index contributed by atoms with van der Waals surface area (Å²) in [5, 5.41) is 0. The second-order valence-corrected chi connectivity index (χ2v) is 5.23. The second kappa shape index (κ2) is 5.61. The van der Waals surface area contributed by atoms with Crippen LogP contribution in [-0.4, -0.2) is 29.8 Å². The number of carbonyl (C=O) groups is 1. The van der Waals surface area contributed by atoms with E-state index >= 15 is 0 Å². The van der Waals surface area contributed by atoms with E-state index in [1.54, 1.807) is 18.2 Å². The Morgan fingerprint density at radius 3 is 2.83 bits per heavy atom. The van der Waals surface area contributed by atoms with Crippen LogP contribution in [0.3, 0.4) is 0 Å². The summed E-state index contributed by atoms with van der Waals surface area (Å²) in [6.45, 7) is 5.86. The predicted octanol–water partition coefficient (Wildman–Crippen LogP) is 3.13. The van der Waals surface area contributed by atoms with E-state index in [1.165, 1.54) is 18.9 Å². The molecule has 1 aliphatic rings. The molecule has 1 saturated heterocycles. The van der Waals surface area contributed by atoms with Crippen LogP contribution in [0.15, 0.2) is 24.3 Å². The number of halogens is 1. The summed E-state index contributed by atoms with van der Waals surface area (Å²) in [4.78, 5) is 14.5. The van der Waals surface area contributed by atoms with Crippen molar-refractivity contribution in [3.8, 4) is 0 Å². The fourth-order valence-electron chi connectivity index (χ4n) is 2.63. The average molecular weight is 249 g/mol. The van der Waals surface area contributed by atoms with Crippen LogP contribution >= 0.6 is 0 Å². The third-order valence-corrected chi connectivity index (χ3v) is 3.79. The highest BCUT2D eigenvalue weighted by Crippen LogP contribution is 2.20. The van der Waals surface area contributed by atoms with Gasteiger partial charge in [-0.1, -0.05) is 19.1 Å². The van der Waals surface area contributed by atoms with Gasteiger partial charge in [0.15, 0.2) is 5.78 Å². The maximum absolute atomic E-state index is 13.6. The molecule has 2 unspecified atom stereocenters. The Labute approximate surface area is 108 Å². The smallest absolute Gasteiger partial charge is 0.169 e. The zero-order chi connectivity index (χ0) is 13.1. The van der Waals surface area contributed by atoms with Crippen LogP contribution in [0.5, 0.6) is 0 Å². The van der Waals surface area contributed by atoms with Gasteiger partial charge >= 0.3 is 0 Å². The molecule has 0 bridgehead atoms. The van der Waals surface area contributed by atoms with Gasteiger partial charge in [-0.15, -0.1) is 0 Å². The number of Topliss-reactive ketones (excluding diaryl/α,β-unsaturated/α-hetero) is 1. The Kier molecular flexibility index (Phi) is 4.12. The molecule has 1 aliphatic heterocycles. The van der Waals surface area contributed by atoms with Crippen molar-refractivity contribution >= 4 is 5.78 Å². The standard InChI is InChI=1S/C15H20FNO/c1-11(10-17-9-5-6-12(17)2)15(18)13-7-3-4-8-14(13)16/h3-4,7-8,11-12H,5-6,9-10H2,1-2H3. The van der Waals surface area contributed by atoms with Gasteiger partial charge in [-0.25, -0.2) is 4.39 Å². The Morgan fingerprint density at radius 1 is 1.50 bits per heavy atom. The highest BCUT2D eigenvalue weighted by molar-refractivity contribution is 5.98.